The summed E-state index contributed by atoms with van der Waals surface area (Å²) in [6, 6.07) is 0. The van der Waals surface area contributed by atoms with E-state index in [-0.39, 0.29) is 62.4 Å². The number of rotatable bonds is 17. The Morgan fingerprint density at radius 1 is 0.684 bits per heavy atom. The van der Waals surface area contributed by atoms with Gasteiger partial charge in [0.05, 0.1) is 21.1 Å². The van der Waals surface area contributed by atoms with Gasteiger partial charge in [-0.1, -0.05) is 6.92 Å². The predicted octanol–water partition coefficient (Wildman–Crippen LogP) is -0.714. The Balaban J connectivity index is -0.000000563. The number of aliphatic hydroxyl groups is 1. The molecule has 0 saturated carbocycles. The Morgan fingerprint density at radius 2 is 1.03 bits per heavy atom. The molecule has 0 aromatic heterocycles. The van der Waals surface area contributed by atoms with Gasteiger partial charge in [0.2, 0.25) is 0 Å². The SMILES string of the molecule is CC(CC(=O)O)CC(=O)C(O)(CC(=O)[O-])C[N+](C)(C)C.O=C(O)CCCC(=O)O.O=C(O)CCCC(=O)O. The number of aliphatic carboxylic acids is 6. The summed E-state index contributed by atoms with van der Waals surface area (Å²) in [6.45, 7) is 1.48. The molecule has 15 heteroatoms. The third-order valence-electron chi connectivity index (χ3n) is 4.31. The molecule has 0 aliphatic rings. The molecule has 0 bridgehead atoms. The number of carbonyl (C=O) groups is 7. The highest BCUT2D eigenvalue weighted by Gasteiger charge is 2.41. The third-order valence-corrected chi connectivity index (χ3v) is 4.31. The molecule has 0 fully saturated rings. The third kappa shape index (κ3) is 28.6. The number of Topliss-reactive ketones (excluding diaryl/α,β-unsaturated/α-hetero) is 1. The van der Waals surface area contributed by atoms with E-state index in [0.29, 0.717) is 0 Å². The molecule has 0 aromatic carbocycles. The number of ketones is 1. The summed E-state index contributed by atoms with van der Waals surface area (Å²) in [7, 11) is 5.15. The van der Waals surface area contributed by atoms with E-state index < -0.39 is 59.5 Å². The van der Waals surface area contributed by atoms with Crippen molar-refractivity contribution in [1.82, 2.24) is 0 Å². The van der Waals surface area contributed by atoms with Crippen molar-refractivity contribution in [3.63, 3.8) is 0 Å². The first-order valence-electron chi connectivity index (χ1n) is 11.5. The van der Waals surface area contributed by atoms with Gasteiger partial charge in [-0.3, -0.25) is 28.8 Å². The Bertz CT molecular complexity index is 759. The second-order valence-electron chi connectivity index (χ2n) is 9.64. The van der Waals surface area contributed by atoms with E-state index in [0.717, 1.165) is 0 Å². The number of hydrogen-bond donors (Lipinski definition) is 6. The maximum Gasteiger partial charge on any atom is 0.303 e. The molecule has 0 spiro atoms. The topological polar surface area (TPSA) is 264 Å². The number of quaternary nitrogens is 1. The van der Waals surface area contributed by atoms with Gasteiger partial charge in [-0.05, 0) is 18.8 Å². The Hall–Kier alpha value is -3.59. The first-order chi connectivity index (χ1) is 17.1. The van der Waals surface area contributed by atoms with Gasteiger partial charge in [-0.2, -0.15) is 0 Å². The van der Waals surface area contributed by atoms with Gasteiger partial charge >= 0.3 is 29.8 Å². The average Bonchev–Trinajstić information content (AvgIpc) is 2.64. The zero-order chi connectivity index (χ0) is 30.7. The van der Waals surface area contributed by atoms with E-state index in [9.17, 15) is 43.8 Å². The van der Waals surface area contributed by atoms with Crippen molar-refractivity contribution in [3.8, 4) is 0 Å². The molecule has 2 atom stereocenters. The molecule has 0 rings (SSSR count). The lowest BCUT2D eigenvalue weighted by atomic mass is 9.86. The summed E-state index contributed by atoms with van der Waals surface area (Å²) >= 11 is 0. The summed E-state index contributed by atoms with van der Waals surface area (Å²) in [5.74, 6) is -7.48. The van der Waals surface area contributed by atoms with Crippen LogP contribution in [0.4, 0.5) is 0 Å². The number of carboxylic acids is 6. The normalized spacial score (nSPS) is 12.8. The van der Waals surface area contributed by atoms with Crippen molar-refractivity contribution in [2.24, 2.45) is 5.92 Å². The van der Waals surface area contributed by atoms with E-state index in [1.165, 1.54) is 0 Å². The molecule has 0 aromatic rings. The molecule has 2 unspecified atom stereocenters. The molecule has 15 nitrogen and oxygen atoms in total. The lowest BCUT2D eigenvalue weighted by molar-refractivity contribution is -0.875. The largest absolute Gasteiger partial charge is 0.550 e. The van der Waals surface area contributed by atoms with Crippen molar-refractivity contribution in [3.05, 3.63) is 0 Å². The van der Waals surface area contributed by atoms with Crippen LogP contribution in [-0.2, 0) is 33.6 Å². The fraction of sp³-hybridized carbons (Fsp3) is 0.696. The summed E-state index contributed by atoms with van der Waals surface area (Å²) in [5, 5.41) is 61.9. The molecular weight excluding hydrogens is 514 g/mol. The summed E-state index contributed by atoms with van der Waals surface area (Å²) in [6.07, 6.45) is -1.01. The monoisotopic (exact) mass is 553 g/mol. The Morgan fingerprint density at radius 3 is 1.26 bits per heavy atom. The lowest BCUT2D eigenvalue weighted by Crippen LogP contribution is -2.56. The standard InChI is InChI=1S/C13H23NO6.2C5H8O4/c1-9(6-11(16)17)5-10(15)13(20,7-12(18)19)8-14(2,3)4;2*6-4(7)2-1-3-5(8)9/h9,20H,5-8H2,1-4H3,(H-,16,17,18,19);2*1-3H2,(H,6,7)(H,8,9). The quantitative estimate of drug-likeness (QED) is 0.121. The van der Waals surface area contributed by atoms with Crippen molar-refractivity contribution < 1.29 is 73.8 Å². The van der Waals surface area contributed by atoms with Crippen LogP contribution in [0, 0.1) is 5.92 Å². The van der Waals surface area contributed by atoms with E-state index in [1.807, 2.05) is 0 Å². The number of carboxylic acid groups (broad SMARTS) is 6. The van der Waals surface area contributed by atoms with Gasteiger partial charge in [0.25, 0.3) is 0 Å². The zero-order valence-corrected chi connectivity index (χ0v) is 22.0. The summed E-state index contributed by atoms with van der Waals surface area (Å²) in [5.41, 5.74) is -2.04. The van der Waals surface area contributed by atoms with Crippen LogP contribution < -0.4 is 5.11 Å². The first-order valence-corrected chi connectivity index (χ1v) is 11.5. The molecule has 0 aliphatic carbocycles. The van der Waals surface area contributed by atoms with Gasteiger partial charge in [-0.15, -0.1) is 0 Å². The number of carbonyl (C=O) groups excluding carboxylic acids is 2. The molecule has 0 aliphatic heterocycles. The van der Waals surface area contributed by atoms with E-state index in [4.69, 9.17) is 25.5 Å². The van der Waals surface area contributed by atoms with Gasteiger partial charge in [0.15, 0.2) is 11.4 Å². The Kier molecular flexibility index (Phi) is 20.0. The number of nitrogens with zero attached hydrogens (tertiary/aromatic N) is 1. The van der Waals surface area contributed by atoms with Crippen LogP contribution in [-0.4, -0.2) is 110 Å². The first kappa shape index (κ1) is 38.9. The molecule has 0 heterocycles. The fourth-order valence-electron chi connectivity index (χ4n) is 2.92. The molecule has 220 valence electrons. The molecule has 0 radical (unpaired) electrons. The van der Waals surface area contributed by atoms with Crippen LogP contribution in [0.1, 0.15) is 64.7 Å². The van der Waals surface area contributed by atoms with Gasteiger partial charge in [-0.25, -0.2) is 0 Å². The predicted molar refractivity (Wildman–Crippen MR) is 127 cm³/mol. The average molecular weight is 554 g/mol. The smallest absolute Gasteiger partial charge is 0.303 e. The maximum atomic E-state index is 12.1. The second-order valence-corrected chi connectivity index (χ2v) is 9.64. The van der Waals surface area contributed by atoms with E-state index in [2.05, 4.69) is 0 Å². The molecule has 6 N–H and O–H groups in total. The van der Waals surface area contributed by atoms with Crippen molar-refractivity contribution in [2.45, 2.75) is 70.3 Å². The van der Waals surface area contributed by atoms with Crippen LogP contribution in [0.3, 0.4) is 0 Å². The molecular formula is C23H39NO14. The maximum absolute atomic E-state index is 12.1. The highest BCUT2D eigenvalue weighted by atomic mass is 16.4. The number of hydrogen-bond acceptors (Lipinski definition) is 9. The minimum atomic E-state index is -2.04. The van der Waals surface area contributed by atoms with Crippen LogP contribution in [0.15, 0.2) is 0 Å². The van der Waals surface area contributed by atoms with Crippen LogP contribution in [0.5, 0.6) is 0 Å². The second kappa shape index (κ2) is 19.5. The minimum absolute atomic E-state index is 0.0632. The summed E-state index contributed by atoms with van der Waals surface area (Å²) in [4.78, 5) is 72.6. The van der Waals surface area contributed by atoms with Gasteiger partial charge < -0.3 is 45.0 Å². The molecule has 38 heavy (non-hydrogen) atoms. The van der Waals surface area contributed by atoms with Crippen molar-refractivity contribution in [1.29, 1.82) is 0 Å². The van der Waals surface area contributed by atoms with E-state index >= 15 is 0 Å². The van der Waals surface area contributed by atoms with Crippen LogP contribution in [0.2, 0.25) is 0 Å². The minimum Gasteiger partial charge on any atom is -0.550 e. The van der Waals surface area contributed by atoms with Gasteiger partial charge in [0, 0.05) is 50.9 Å². The molecule has 0 saturated heterocycles. The van der Waals surface area contributed by atoms with Gasteiger partial charge in [0.1, 0.15) is 6.54 Å². The van der Waals surface area contributed by atoms with Crippen LogP contribution >= 0.6 is 0 Å². The number of likely N-dealkylation sites (N-methyl/N-ethyl adjacent to an activating group) is 1. The highest BCUT2D eigenvalue weighted by Crippen LogP contribution is 2.21. The lowest BCUT2D eigenvalue weighted by Gasteiger charge is -2.35. The summed E-state index contributed by atoms with van der Waals surface area (Å²) < 4.78 is 0.197. The highest BCUT2D eigenvalue weighted by molar-refractivity contribution is 5.91. The Labute approximate surface area is 219 Å². The van der Waals surface area contributed by atoms with Crippen molar-refractivity contribution >= 4 is 41.6 Å². The van der Waals surface area contributed by atoms with E-state index in [1.54, 1.807) is 28.1 Å². The fourth-order valence-corrected chi connectivity index (χ4v) is 2.92. The zero-order valence-electron chi connectivity index (χ0n) is 22.0. The van der Waals surface area contributed by atoms with Crippen LogP contribution in [0.25, 0.3) is 0 Å². The van der Waals surface area contributed by atoms with Crippen molar-refractivity contribution in [2.75, 3.05) is 27.7 Å². The molecule has 0 amide bonds.